The highest BCUT2D eigenvalue weighted by Gasteiger charge is 2.30. The first kappa shape index (κ1) is 27.6. The van der Waals surface area contributed by atoms with Crippen LogP contribution in [0.2, 0.25) is 0 Å². The lowest BCUT2D eigenvalue weighted by atomic mass is 9.88. The molecule has 200 valence electrons. The van der Waals surface area contributed by atoms with Crippen LogP contribution in [0, 0.1) is 11.6 Å². The lowest BCUT2D eigenvalue weighted by Gasteiger charge is -2.36. The Morgan fingerprint density at radius 3 is 2.51 bits per heavy atom. The van der Waals surface area contributed by atoms with Crippen molar-refractivity contribution in [3.8, 4) is 11.5 Å². The van der Waals surface area contributed by atoms with Gasteiger partial charge in [-0.25, -0.2) is 8.78 Å². The second kappa shape index (κ2) is 11.5. The average Bonchev–Trinajstić information content (AvgIpc) is 2.87. The van der Waals surface area contributed by atoms with Crippen LogP contribution in [0.4, 0.5) is 8.78 Å². The van der Waals surface area contributed by atoms with Crippen molar-refractivity contribution in [3.05, 3.63) is 63.7 Å². The number of aryl methyl sites for hydroxylation is 1. The van der Waals surface area contributed by atoms with Crippen LogP contribution in [0.15, 0.2) is 35.3 Å². The highest BCUT2D eigenvalue weighted by Crippen LogP contribution is 2.36. The molecule has 1 unspecified atom stereocenters. The molecule has 3 aliphatic heterocycles. The molecule has 0 saturated carbocycles. The minimum Gasteiger partial charge on any atom is -0.486 e. The summed E-state index contributed by atoms with van der Waals surface area (Å²) >= 11 is 0. The molecule has 1 aromatic carbocycles. The number of rotatable bonds is 5. The summed E-state index contributed by atoms with van der Waals surface area (Å²) in [7, 11) is 0. The molecule has 0 spiro atoms. The molecule has 3 aliphatic rings. The second-order valence-electron chi connectivity index (χ2n) is 9.60. The normalized spacial score (nSPS) is 19.2. The second-order valence-corrected chi connectivity index (χ2v) is 9.60. The van der Waals surface area contributed by atoms with Gasteiger partial charge in [-0.3, -0.25) is 9.78 Å². The summed E-state index contributed by atoms with van der Waals surface area (Å²) < 4.78 is 42.1. The van der Waals surface area contributed by atoms with Gasteiger partial charge in [-0.1, -0.05) is 0 Å². The first-order chi connectivity index (χ1) is 17.1. The molecule has 0 aliphatic carbocycles. The molecule has 11 heteroatoms. The van der Waals surface area contributed by atoms with Gasteiger partial charge in [0.05, 0.1) is 17.4 Å². The number of nitrogens with zero attached hydrogens (tertiary/aromatic N) is 3. The Morgan fingerprint density at radius 2 is 1.73 bits per heavy atom. The smallest absolute Gasteiger partial charge is 0.251 e. The van der Waals surface area contributed by atoms with Gasteiger partial charge in [-0.2, -0.15) is 0 Å². The van der Waals surface area contributed by atoms with Gasteiger partial charge in [-0.05, 0) is 38.4 Å². The zero-order valence-corrected chi connectivity index (χ0v) is 21.9. The monoisotopic (exact) mass is 554 g/mol. The molecule has 1 N–H and O–H groups in total. The van der Waals surface area contributed by atoms with E-state index in [0.717, 1.165) is 43.4 Å². The minimum atomic E-state index is -0.616. The largest absolute Gasteiger partial charge is 0.486 e. The Balaban J connectivity index is 0.00000160. The van der Waals surface area contributed by atoms with Gasteiger partial charge in [0.2, 0.25) is 0 Å². The molecular formula is C26H30Cl2F2N4O3. The Labute approximate surface area is 226 Å². The predicted octanol–water partition coefficient (Wildman–Crippen LogP) is 4.03. The Hall–Kier alpha value is -2.46. The first-order valence-electron chi connectivity index (χ1n) is 12.3. The van der Waals surface area contributed by atoms with E-state index in [2.05, 4.69) is 15.2 Å². The average molecular weight is 555 g/mol. The molecule has 0 bridgehead atoms. The summed E-state index contributed by atoms with van der Waals surface area (Å²) in [5, 5.41) is 3.91. The van der Waals surface area contributed by atoms with E-state index in [1.165, 1.54) is 16.7 Å². The van der Waals surface area contributed by atoms with E-state index in [0.29, 0.717) is 67.5 Å². The van der Waals surface area contributed by atoms with E-state index in [9.17, 15) is 13.6 Å². The van der Waals surface area contributed by atoms with Crippen molar-refractivity contribution >= 4 is 35.7 Å². The summed E-state index contributed by atoms with van der Waals surface area (Å²) in [6.45, 7) is 4.75. The van der Waals surface area contributed by atoms with Gasteiger partial charge in [0.1, 0.15) is 24.8 Å². The predicted molar refractivity (Wildman–Crippen MR) is 142 cm³/mol. The number of fused-ring (bicyclic) bond motifs is 1. The number of benzene rings is 1. The van der Waals surface area contributed by atoms with Crippen LogP contribution < -0.4 is 20.3 Å². The van der Waals surface area contributed by atoms with E-state index in [1.54, 1.807) is 6.20 Å². The zero-order chi connectivity index (χ0) is 23.9. The fraction of sp³-hybridized carbons (Fsp3) is 0.462. The van der Waals surface area contributed by atoms with Gasteiger partial charge in [0.15, 0.2) is 11.5 Å². The molecule has 1 atom stereocenters. The number of likely N-dealkylation sites (tertiary alicyclic amines) is 1. The maximum Gasteiger partial charge on any atom is 0.251 e. The minimum absolute atomic E-state index is 0. The van der Waals surface area contributed by atoms with E-state index in [-0.39, 0.29) is 36.3 Å². The van der Waals surface area contributed by atoms with E-state index in [4.69, 9.17) is 9.47 Å². The lowest BCUT2D eigenvalue weighted by molar-refractivity contribution is 0.170. The first-order valence-corrected chi connectivity index (χ1v) is 12.3. The fourth-order valence-corrected chi connectivity index (χ4v) is 5.63. The van der Waals surface area contributed by atoms with Crippen molar-refractivity contribution in [2.24, 2.45) is 0 Å². The number of ether oxygens (including phenoxy) is 2. The van der Waals surface area contributed by atoms with Crippen molar-refractivity contribution in [2.45, 2.75) is 44.3 Å². The number of halogens is 4. The van der Waals surface area contributed by atoms with Crippen LogP contribution in [-0.4, -0.2) is 53.3 Å². The highest BCUT2D eigenvalue weighted by atomic mass is 35.5. The Morgan fingerprint density at radius 1 is 0.973 bits per heavy atom. The zero-order valence-electron chi connectivity index (χ0n) is 20.3. The third-order valence-corrected chi connectivity index (χ3v) is 7.44. The highest BCUT2D eigenvalue weighted by molar-refractivity contribution is 5.86. The molecule has 1 fully saturated rings. The third kappa shape index (κ3) is 5.41. The molecule has 5 heterocycles. The quantitative estimate of drug-likeness (QED) is 0.513. The van der Waals surface area contributed by atoms with Crippen molar-refractivity contribution in [1.29, 1.82) is 0 Å². The van der Waals surface area contributed by atoms with Crippen molar-refractivity contribution in [3.63, 3.8) is 0 Å². The van der Waals surface area contributed by atoms with Gasteiger partial charge in [0.25, 0.3) is 5.56 Å². The van der Waals surface area contributed by atoms with E-state index >= 15 is 0 Å². The number of hydrogen-bond acceptors (Lipinski definition) is 6. The SMILES string of the molecule is Cl.Cl.O=c1ccc2c(F)cc(F)c3c2n1CCC3CN1CCC(NCc2cc3c(cn2)OCCO3)CC1. The van der Waals surface area contributed by atoms with Crippen LogP contribution in [-0.2, 0) is 13.1 Å². The summed E-state index contributed by atoms with van der Waals surface area (Å²) in [6, 6.07) is 6.11. The summed E-state index contributed by atoms with van der Waals surface area (Å²) in [6.07, 6.45) is 4.35. The topological polar surface area (TPSA) is 68.6 Å². The van der Waals surface area contributed by atoms with Gasteiger partial charge in [0, 0.05) is 60.7 Å². The van der Waals surface area contributed by atoms with Crippen molar-refractivity contribution < 1.29 is 18.3 Å². The molecule has 0 amide bonds. The third-order valence-electron chi connectivity index (χ3n) is 7.44. The molecule has 0 radical (unpaired) electrons. The molecule has 2 aromatic heterocycles. The number of aromatic nitrogens is 2. The van der Waals surface area contributed by atoms with Crippen molar-refractivity contribution in [2.75, 3.05) is 32.8 Å². The summed E-state index contributed by atoms with van der Waals surface area (Å²) in [5.41, 5.74) is 1.62. The molecule has 6 rings (SSSR count). The summed E-state index contributed by atoms with van der Waals surface area (Å²) in [5.74, 6) is 0.207. The van der Waals surface area contributed by atoms with E-state index in [1.807, 2.05) is 6.07 Å². The fourth-order valence-electron chi connectivity index (χ4n) is 5.63. The Kier molecular flexibility index (Phi) is 8.58. The van der Waals surface area contributed by atoms with Crippen LogP contribution in [0.3, 0.4) is 0 Å². The van der Waals surface area contributed by atoms with Gasteiger partial charge < -0.3 is 24.3 Å². The number of hydrogen-bond donors (Lipinski definition) is 1. The van der Waals surface area contributed by atoms with Crippen LogP contribution in [0.5, 0.6) is 11.5 Å². The standard InChI is InChI=1S/C26H28F2N4O3.2ClH/c27-20-12-21(28)25-16(3-8-32-24(33)2-1-19(20)26(25)32)15-31-6-4-17(5-7-31)29-13-18-11-22-23(14-30-18)35-10-9-34-22;;/h1-2,11-12,14,16-17,29H,3-10,13,15H2;2*1H. The van der Waals surface area contributed by atoms with E-state index < -0.39 is 11.6 Å². The lowest BCUT2D eigenvalue weighted by Crippen LogP contribution is -2.44. The summed E-state index contributed by atoms with van der Waals surface area (Å²) in [4.78, 5) is 19.1. The molecule has 1 saturated heterocycles. The maximum absolute atomic E-state index is 15.0. The molecule has 37 heavy (non-hydrogen) atoms. The van der Waals surface area contributed by atoms with Gasteiger partial charge in [-0.15, -0.1) is 24.8 Å². The molecular weight excluding hydrogens is 525 g/mol. The van der Waals surface area contributed by atoms with Crippen LogP contribution >= 0.6 is 24.8 Å². The number of nitrogens with one attached hydrogen (secondary N) is 1. The molecule has 3 aromatic rings. The van der Waals surface area contributed by atoms with Crippen LogP contribution in [0.1, 0.15) is 36.4 Å². The Bertz CT molecular complexity index is 1330. The van der Waals surface area contributed by atoms with Crippen molar-refractivity contribution in [1.82, 2.24) is 19.8 Å². The van der Waals surface area contributed by atoms with Crippen LogP contribution in [0.25, 0.3) is 10.9 Å². The number of pyridine rings is 2. The maximum atomic E-state index is 15.0. The number of piperidine rings is 1. The van der Waals surface area contributed by atoms with Gasteiger partial charge >= 0.3 is 0 Å². The molecule has 7 nitrogen and oxygen atoms in total.